The maximum atomic E-state index is 12.2. The molecule has 24 heavy (non-hydrogen) atoms. The van der Waals surface area contributed by atoms with Gasteiger partial charge in [0.05, 0.1) is 23.5 Å². The van der Waals surface area contributed by atoms with Crippen molar-refractivity contribution in [2.45, 2.75) is 25.8 Å². The van der Waals surface area contributed by atoms with Gasteiger partial charge in [-0.25, -0.2) is 4.79 Å². The first-order chi connectivity index (χ1) is 11.3. The Labute approximate surface area is 143 Å². The number of rotatable bonds is 4. The first-order valence-corrected chi connectivity index (χ1v) is 7.65. The van der Waals surface area contributed by atoms with Crippen LogP contribution >= 0.6 is 11.6 Å². The van der Waals surface area contributed by atoms with E-state index in [-0.39, 0.29) is 17.3 Å². The van der Waals surface area contributed by atoms with E-state index in [1.807, 2.05) is 0 Å². The van der Waals surface area contributed by atoms with E-state index >= 15 is 0 Å². The summed E-state index contributed by atoms with van der Waals surface area (Å²) in [5.74, 6) is -2.09. The van der Waals surface area contributed by atoms with Crippen molar-refractivity contribution in [2.75, 3.05) is 7.11 Å². The average Bonchev–Trinajstić information content (AvgIpc) is 2.53. The number of methoxy groups -OCH3 is 1. The van der Waals surface area contributed by atoms with Crippen molar-refractivity contribution < 1.29 is 19.2 Å². The van der Waals surface area contributed by atoms with Gasteiger partial charge in [0.1, 0.15) is 0 Å². The maximum Gasteiger partial charge on any atom is 0.336 e. The van der Waals surface area contributed by atoms with Gasteiger partial charge < -0.3 is 10.1 Å². The second kappa shape index (κ2) is 7.00. The van der Waals surface area contributed by atoms with Crippen molar-refractivity contribution in [3.8, 4) is 0 Å². The number of ether oxygens (including phenoxy) is 1. The second-order valence-electron chi connectivity index (χ2n) is 5.62. The number of esters is 1. The zero-order valence-corrected chi connectivity index (χ0v) is 14.2. The van der Waals surface area contributed by atoms with Gasteiger partial charge in [-0.2, -0.15) is 0 Å². The van der Waals surface area contributed by atoms with Crippen LogP contribution in [0.25, 0.3) is 0 Å². The topological polar surface area (TPSA) is 98.5 Å². The molecule has 1 aliphatic rings. The number of nitro groups is 1. The molecule has 0 spiro atoms. The lowest BCUT2D eigenvalue weighted by molar-refractivity contribution is -0.384. The number of halogens is 1. The molecule has 1 heterocycles. The summed E-state index contributed by atoms with van der Waals surface area (Å²) >= 11 is 5.77. The van der Waals surface area contributed by atoms with Crippen LogP contribution in [0.4, 0.5) is 5.69 Å². The first-order valence-electron chi connectivity index (χ1n) is 7.27. The van der Waals surface area contributed by atoms with E-state index in [0.29, 0.717) is 11.3 Å². The molecule has 3 unspecified atom stereocenters. The van der Waals surface area contributed by atoms with Gasteiger partial charge in [0.15, 0.2) is 0 Å². The Morgan fingerprint density at radius 2 is 2.04 bits per heavy atom. The van der Waals surface area contributed by atoms with E-state index in [1.165, 1.54) is 25.3 Å². The number of hydrogen-bond acceptors (Lipinski definition) is 6. The van der Waals surface area contributed by atoms with Gasteiger partial charge in [-0.05, 0) is 31.0 Å². The Morgan fingerprint density at radius 1 is 1.38 bits per heavy atom. The van der Waals surface area contributed by atoms with Crippen molar-refractivity contribution >= 4 is 28.5 Å². The fourth-order valence-electron chi connectivity index (χ4n) is 3.13. The van der Waals surface area contributed by atoms with Gasteiger partial charge in [-0.15, -0.1) is 0 Å². The molecule has 0 aromatic heterocycles. The van der Waals surface area contributed by atoms with Crippen LogP contribution in [-0.2, 0) is 14.3 Å². The van der Waals surface area contributed by atoms with Crippen LogP contribution < -0.4 is 5.32 Å². The summed E-state index contributed by atoms with van der Waals surface area (Å²) in [5.41, 5.74) is 1.15. The second-order valence-corrected chi connectivity index (χ2v) is 6.00. The van der Waals surface area contributed by atoms with Gasteiger partial charge >= 0.3 is 5.97 Å². The first kappa shape index (κ1) is 17.9. The normalized spacial score (nSPS) is 23.4. The number of allylic oxidation sites excluding steroid dienone is 1. The smallest absolute Gasteiger partial charge is 0.336 e. The van der Waals surface area contributed by atoms with Crippen molar-refractivity contribution in [2.24, 2.45) is 5.92 Å². The summed E-state index contributed by atoms with van der Waals surface area (Å²) in [6.07, 6.45) is 0. The summed E-state index contributed by atoms with van der Waals surface area (Å²) in [6.45, 7) is 3.47. The van der Waals surface area contributed by atoms with Crippen molar-refractivity contribution in [1.29, 1.82) is 0 Å². The summed E-state index contributed by atoms with van der Waals surface area (Å²) in [4.78, 5) is 34.8. The highest BCUT2D eigenvalue weighted by atomic mass is 35.5. The molecule has 0 fully saturated rings. The molecule has 1 N–H and O–H groups in total. The van der Waals surface area contributed by atoms with Crippen LogP contribution in [0.2, 0.25) is 0 Å². The molecule has 7 nitrogen and oxygen atoms in total. The lowest BCUT2D eigenvalue weighted by Crippen LogP contribution is -2.46. The number of non-ortho nitro benzene ring substituents is 1. The molecule has 1 aromatic carbocycles. The Balaban J connectivity index is 2.67. The number of nitrogens with one attached hydrogen (secondary N) is 1. The highest BCUT2D eigenvalue weighted by molar-refractivity contribution is 6.64. The molecule has 128 valence electrons. The quantitative estimate of drug-likeness (QED) is 0.387. The van der Waals surface area contributed by atoms with Crippen LogP contribution in [0.5, 0.6) is 0 Å². The highest BCUT2D eigenvalue weighted by Gasteiger charge is 2.43. The van der Waals surface area contributed by atoms with Gasteiger partial charge in [0.25, 0.3) is 5.69 Å². The standard InChI is InChI=1S/C16H17ClN2O5/c1-8-12(15(17)20)14(13(9(2)18-8)16(21)24-3)10-5-4-6-11(7-10)19(22)23/h4-8,12,14,18H,1-3H3. The van der Waals surface area contributed by atoms with E-state index in [4.69, 9.17) is 16.3 Å². The van der Waals surface area contributed by atoms with Crippen LogP contribution in [-0.4, -0.2) is 29.3 Å². The van der Waals surface area contributed by atoms with E-state index in [2.05, 4.69) is 5.32 Å². The Kier molecular flexibility index (Phi) is 5.23. The number of hydrogen-bond donors (Lipinski definition) is 1. The predicted molar refractivity (Wildman–Crippen MR) is 87.5 cm³/mol. The number of nitrogens with zero attached hydrogens (tertiary/aromatic N) is 1. The fourth-order valence-corrected chi connectivity index (χ4v) is 3.45. The molecule has 0 radical (unpaired) electrons. The zero-order chi connectivity index (χ0) is 18.0. The number of carbonyl (C=O) groups is 2. The molecule has 0 aliphatic carbocycles. The fraction of sp³-hybridized carbons (Fsp3) is 0.375. The molecule has 1 aliphatic heterocycles. The highest BCUT2D eigenvalue weighted by Crippen LogP contribution is 2.41. The molecule has 0 saturated heterocycles. The van der Waals surface area contributed by atoms with Gasteiger partial charge in [0.2, 0.25) is 5.24 Å². The third-order valence-electron chi connectivity index (χ3n) is 4.16. The molecule has 3 atom stereocenters. The Morgan fingerprint density at radius 3 is 2.58 bits per heavy atom. The number of carbonyl (C=O) groups excluding carboxylic acids is 2. The molecule has 2 rings (SSSR count). The lowest BCUT2D eigenvalue weighted by Gasteiger charge is -2.37. The summed E-state index contributed by atoms with van der Waals surface area (Å²) in [5, 5.41) is 13.5. The predicted octanol–water partition coefficient (Wildman–Crippen LogP) is 2.50. The van der Waals surface area contributed by atoms with E-state index in [9.17, 15) is 19.7 Å². The molecule has 0 saturated carbocycles. The van der Waals surface area contributed by atoms with Crippen LogP contribution in [0, 0.1) is 16.0 Å². The lowest BCUT2D eigenvalue weighted by atomic mass is 9.74. The van der Waals surface area contributed by atoms with Crippen LogP contribution in [0.3, 0.4) is 0 Å². The summed E-state index contributed by atoms with van der Waals surface area (Å²) < 4.78 is 4.83. The van der Waals surface area contributed by atoms with Crippen molar-refractivity contribution in [3.63, 3.8) is 0 Å². The van der Waals surface area contributed by atoms with Crippen LogP contribution in [0.15, 0.2) is 35.5 Å². The van der Waals surface area contributed by atoms with Gasteiger partial charge in [-0.1, -0.05) is 12.1 Å². The zero-order valence-electron chi connectivity index (χ0n) is 13.4. The minimum Gasteiger partial charge on any atom is -0.466 e. The molecule has 1 aromatic rings. The minimum atomic E-state index is -0.758. The van der Waals surface area contributed by atoms with Crippen molar-refractivity contribution in [1.82, 2.24) is 5.32 Å². The summed E-state index contributed by atoms with van der Waals surface area (Å²) in [7, 11) is 1.24. The maximum absolute atomic E-state index is 12.2. The Bertz CT molecular complexity index is 731. The van der Waals surface area contributed by atoms with Crippen LogP contribution in [0.1, 0.15) is 25.3 Å². The number of benzene rings is 1. The summed E-state index contributed by atoms with van der Waals surface area (Å²) in [6, 6.07) is 5.51. The molecular formula is C16H17ClN2O5. The molecule has 0 bridgehead atoms. The monoisotopic (exact) mass is 352 g/mol. The van der Waals surface area contributed by atoms with Gasteiger partial charge in [0, 0.05) is 29.8 Å². The number of nitro benzene ring substituents is 1. The molecule has 0 amide bonds. The Hall–Kier alpha value is -2.41. The third-order valence-corrected chi connectivity index (χ3v) is 4.42. The largest absolute Gasteiger partial charge is 0.466 e. The molecular weight excluding hydrogens is 336 g/mol. The average molecular weight is 353 g/mol. The van der Waals surface area contributed by atoms with E-state index < -0.39 is 28.0 Å². The van der Waals surface area contributed by atoms with Crippen molar-refractivity contribution in [3.05, 3.63) is 51.2 Å². The SMILES string of the molecule is COC(=O)C1=C(C)NC(C)C(C(=O)Cl)C1c1cccc([N+](=O)[O-])c1. The molecule has 8 heteroatoms. The third kappa shape index (κ3) is 3.26. The van der Waals surface area contributed by atoms with Gasteiger partial charge in [-0.3, -0.25) is 14.9 Å². The minimum absolute atomic E-state index is 0.124. The van der Waals surface area contributed by atoms with E-state index in [1.54, 1.807) is 19.9 Å². The van der Waals surface area contributed by atoms with E-state index in [0.717, 1.165) is 0 Å².